The average molecular weight is 327 g/mol. The van der Waals surface area contributed by atoms with Crippen LogP contribution in [0.5, 0.6) is 5.88 Å². The molecular formula is C19H13N5O. The molecule has 2 heterocycles. The molecule has 0 aliphatic heterocycles. The highest BCUT2D eigenvalue weighted by molar-refractivity contribution is 5.89. The number of methoxy groups -OCH3 is 1. The second kappa shape index (κ2) is 6.06. The van der Waals surface area contributed by atoms with Crippen LogP contribution in [-0.4, -0.2) is 27.3 Å². The van der Waals surface area contributed by atoms with Crippen molar-refractivity contribution in [3.8, 4) is 34.6 Å². The van der Waals surface area contributed by atoms with Gasteiger partial charge in [0.15, 0.2) is 5.82 Å². The fourth-order valence-electron chi connectivity index (χ4n) is 2.71. The summed E-state index contributed by atoms with van der Waals surface area (Å²) < 4.78 is 5.44. The van der Waals surface area contributed by atoms with Gasteiger partial charge in [-0.2, -0.15) is 15.3 Å². The molecule has 0 aliphatic carbocycles. The Hall–Kier alpha value is -3.72. The smallest absolute Gasteiger partial charge is 0.224 e. The van der Waals surface area contributed by atoms with Crippen LogP contribution in [-0.2, 0) is 0 Å². The largest absolute Gasteiger partial charge is 0.480 e. The van der Waals surface area contributed by atoms with E-state index in [0.29, 0.717) is 23.0 Å². The molecule has 1 N–H and O–H groups in total. The molecule has 0 saturated carbocycles. The van der Waals surface area contributed by atoms with Gasteiger partial charge in [-0.1, -0.05) is 36.4 Å². The van der Waals surface area contributed by atoms with Crippen LogP contribution in [0.2, 0.25) is 0 Å². The van der Waals surface area contributed by atoms with Crippen molar-refractivity contribution in [1.29, 1.82) is 5.26 Å². The maximum atomic E-state index is 9.20. The SMILES string of the molecule is COc1nc(-c2ccccc2)nc2cc(-c3n[nH]cc3C#N)ccc12. The summed E-state index contributed by atoms with van der Waals surface area (Å²) in [7, 11) is 1.59. The molecule has 0 radical (unpaired) electrons. The van der Waals surface area contributed by atoms with Crippen LogP contribution < -0.4 is 4.74 Å². The second-order valence-electron chi connectivity index (χ2n) is 5.41. The number of nitrogens with one attached hydrogen (secondary N) is 1. The molecule has 0 atom stereocenters. The Kier molecular flexibility index (Phi) is 3.60. The van der Waals surface area contributed by atoms with Crippen LogP contribution in [0.4, 0.5) is 0 Å². The molecule has 4 aromatic rings. The summed E-state index contributed by atoms with van der Waals surface area (Å²) in [6.07, 6.45) is 1.58. The van der Waals surface area contributed by atoms with Crippen molar-refractivity contribution in [1.82, 2.24) is 20.2 Å². The Morgan fingerprint density at radius 2 is 1.88 bits per heavy atom. The van der Waals surface area contributed by atoms with Gasteiger partial charge in [-0.25, -0.2) is 4.98 Å². The lowest BCUT2D eigenvalue weighted by molar-refractivity contribution is 0.403. The Balaban J connectivity index is 1.93. The maximum Gasteiger partial charge on any atom is 0.224 e. The molecule has 120 valence electrons. The van der Waals surface area contributed by atoms with Crippen molar-refractivity contribution in [2.75, 3.05) is 7.11 Å². The molecule has 6 nitrogen and oxygen atoms in total. The number of nitrogens with zero attached hydrogens (tertiary/aromatic N) is 4. The molecule has 0 fully saturated rings. The van der Waals surface area contributed by atoms with E-state index in [2.05, 4.69) is 26.2 Å². The van der Waals surface area contributed by atoms with Crippen LogP contribution in [0.15, 0.2) is 54.7 Å². The lowest BCUT2D eigenvalue weighted by atomic mass is 10.1. The minimum absolute atomic E-state index is 0.489. The van der Waals surface area contributed by atoms with Crippen molar-refractivity contribution in [2.45, 2.75) is 0 Å². The van der Waals surface area contributed by atoms with Gasteiger partial charge < -0.3 is 4.74 Å². The highest BCUT2D eigenvalue weighted by Crippen LogP contribution is 2.30. The van der Waals surface area contributed by atoms with Gasteiger partial charge in [-0.15, -0.1) is 0 Å². The molecule has 25 heavy (non-hydrogen) atoms. The van der Waals surface area contributed by atoms with Gasteiger partial charge in [-0.05, 0) is 12.1 Å². The van der Waals surface area contributed by atoms with E-state index in [-0.39, 0.29) is 0 Å². The van der Waals surface area contributed by atoms with E-state index in [4.69, 9.17) is 4.74 Å². The maximum absolute atomic E-state index is 9.20. The number of ether oxygens (including phenoxy) is 1. The van der Waals surface area contributed by atoms with Crippen LogP contribution in [0.1, 0.15) is 5.56 Å². The summed E-state index contributed by atoms with van der Waals surface area (Å²) in [5, 5.41) is 16.9. The number of H-pyrrole nitrogens is 1. The molecule has 4 rings (SSSR count). The van der Waals surface area contributed by atoms with Crippen molar-refractivity contribution < 1.29 is 4.74 Å². The molecule has 2 aromatic carbocycles. The lowest BCUT2D eigenvalue weighted by Gasteiger charge is -2.08. The van der Waals surface area contributed by atoms with Gasteiger partial charge in [0.25, 0.3) is 0 Å². The monoisotopic (exact) mass is 327 g/mol. The van der Waals surface area contributed by atoms with E-state index < -0.39 is 0 Å². The van der Waals surface area contributed by atoms with Crippen molar-refractivity contribution in [2.24, 2.45) is 0 Å². The summed E-state index contributed by atoms with van der Waals surface area (Å²) >= 11 is 0. The summed E-state index contributed by atoms with van der Waals surface area (Å²) in [4.78, 5) is 9.18. The minimum Gasteiger partial charge on any atom is -0.480 e. The number of hydrogen-bond donors (Lipinski definition) is 1. The van der Waals surface area contributed by atoms with Crippen LogP contribution in [0, 0.1) is 11.3 Å². The van der Waals surface area contributed by atoms with E-state index in [9.17, 15) is 5.26 Å². The molecule has 0 saturated heterocycles. The first kappa shape index (κ1) is 14.8. The Morgan fingerprint density at radius 3 is 2.64 bits per heavy atom. The Morgan fingerprint density at radius 1 is 1.04 bits per heavy atom. The van der Waals surface area contributed by atoms with Crippen LogP contribution in [0.25, 0.3) is 33.5 Å². The second-order valence-corrected chi connectivity index (χ2v) is 5.41. The first-order chi connectivity index (χ1) is 12.3. The molecular weight excluding hydrogens is 314 g/mol. The fourth-order valence-corrected chi connectivity index (χ4v) is 2.71. The molecule has 0 spiro atoms. The molecule has 6 heteroatoms. The first-order valence-electron chi connectivity index (χ1n) is 7.65. The third kappa shape index (κ3) is 2.58. The molecule has 0 aliphatic rings. The highest BCUT2D eigenvalue weighted by atomic mass is 16.5. The van der Waals surface area contributed by atoms with Crippen molar-refractivity contribution >= 4 is 10.9 Å². The first-order valence-corrected chi connectivity index (χ1v) is 7.65. The minimum atomic E-state index is 0.489. The van der Waals surface area contributed by atoms with Gasteiger partial charge in [0.1, 0.15) is 11.8 Å². The molecule has 0 unspecified atom stereocenters. The van der Waals surface area contributed by atoms with Crippen molar-refractivity contribution in [3.05, 3.63) is 60.3 Å². The Bertz CT molecular complexity index is 1100. The molecule has 0 amide bonds. The van der Waals surface area contributed by atoms with E-state index >= 15 is 0 Å². The van der Waals surface area contributed by atoms with Gasteiger partial charge in [0, 0.05) is 17.3 Å². The predicted molar refractivity (Wildman–Crippen MR) is 93.8 cm³/mol. The number of hydrogen-bond acceptors (Lipinski definition) is 5. The van der Waals surface area contributed by atoms with E-state index in [0.717, 1.165) is 22.0 Å². The van der Waals surface area contributed by atoms with E-state index in [1.807, 2.05) is 48.5 Å². The van der Waals surface area contributed by atoms with E-state index in [1.54, 1.807) is 13.3 Å². The van der Waals surface area contributed by atoms with Crippen LogP contribution in [0.3, 0.4) is 0 Å². The van der Waals surface area contributed by atoms with Gasteiger partial charge >= 0.3 is 0 Å². The third-order valence-corrected chi connectivity index (χ3v) is 3.92. The highest BCUT2D eigenvalue weighted by Gasteiger charge is 2.13. The Labute approximate surface area is 143 Å². The lowest BCUT2D eigenvalue weighted by Crippen LogP contribution is -1.96. The number of nitriles is 1. The zero-order valence-corrected chi connectivity index (χ0v) is 13.4. The number of aromatic amines is 1. The van der Waals surface area contributed by atoms with Crippen molar-refractivity contribution in [3.63, 3.8) is 0 Å². The number of aromatic nitrogens is 4. The third-order valence-electron chi connectivity index (χ3n) is 3.92. The summed E-state index contributed by atoms with van der Waals surface area (Å²) in [6.45, 7) is 0. The molecule has 2 aromatic heterocycles. The number of benzene rings is 2. The number of rotatable bonds is 3. The quantitative estimate of drug-likeness (QED) is 0.621. The molecule has 0 bridgehead atoms. The van der Waals surface area contributed by atoms with E-state index in [1.165, 1.54) is 0 Å². The standard InChI is InChI=1S/C19H13N5O/c1-25-19-15-8-7-13(17-14(10-20)11-21-24-17)9-16(15)22-18(23-19)12-5-3-2-4-6-12/h2-9,11H,1H3,(H,21,24). The number of fused-ring (bicyclic) bond motifs is 1. The zero-order chi connectivity index (χ0) is 17.2. The van der Waals surface area contributed by atoms with Gasteiger partial charge in [-0.3, -0.25) is 5.10 Å². The van der Waals surface area contributed by atoms with Gasteiger partial charge in [0.05, 0.1) is 23.6 Å². The predicted octanol–water partition coefficient (Wildman–Crippen LogP) is 3.57. The summed E-state index contributed by atoms with van der Waals surface area (Å²) in [6, 6.07) is 17.5. The average Bonchev–Trinajstić information content (AvgIpc) is 3.16. The fraction of sp³-hybridized carbons (Fsp3) is 0.0526. The van der Waals surface area contributed by atoms with Crippen LogP contribution >= 0.6 is 0 Å². The summed E-state index contributed by atoms with van der Waals surface area (Å²) in [5.41, 5.74) is 3.54. The summed E-state index contributed by atoms with van der Waals surface area (Å²) in [5.74, 6) is 1.10. The normalized spacial score (nSPS) is 10.6. The van der Waals surface area contributed by atoms with Gasteiger partial charge in [0.2, 0.25) is 5.88 Å². The topological polar surface area (TPSA) is 87.5 Å². The zero-order valence-electron chi connectivity index (χ0n) is 13.4.